The largest absolute Gasteiger partial charge is 0.354 e. The van der Waals surface area contributed by atoms with E-state index in [9.17, 15) is 22.4 Å². The highest BCUT2D eigenvalue weighted by molar-refractivity contribution is 7.92. The van der Waals surface area contributed by atoms with Crippen molar-refractivity contribution in [3.63, 3.8) is 0 Å². The molecule has 0 unspecified atom stereocenters. The predicted octanol–water partition coefficient (Wildman–Crippen LogP) is 6.40. The molecule has 0 bridgehead atoms. The van der Waals surface area contributed by atoms with Gasteiger partial charge in [0, 0.05) is 24.5 Å². The Labute approximate surface area is 269 Å². The van der Waals surface area contributed by atoms with Gasteiger partial charge in [-0.1, -0.05) is 85.6 Å². The topological polar surface area (TPSA) is 86.8 Å². The maximum absolute atomic E-state index is 14.4. The van der Waals surface area contributed by atoms with Gasteiger partial charge in [-0.2, -0.15) is 0 Å². The summed E-state index contributed by atoms with van der Waals surface area (Å²) < 4.78 is 42.9. The lowest BCUT2D eigenvalue weighted by atomic mass is 10.0. The van der Waals surface area contributed by atoms with Crippen LogP contribution in [-0.2, 0) is 32.6 Å². The van der Waals surface area contributed by atoms with Gasteiger partial charge < -0.3 is 10.2 Å². The Morgan fingerprint density at radius 1 is 0.844 bits per heavy atom. The molecule has 4 aromatic rings. The lowest BCUT2D eigenvalue weighted by Gasteiger charge is -2.34. The standard InChI is InChI=1S/C35H37ClFN3O4S/c1-25(2)22-38-35(42)33(21-27-7-5-4-6-8-27)39(23-28-11-13-29(36)14-12-28)34(41)24-40(31-17-15-30(37)16-18-31)45(43,44)32-19-9-26(3)10-20-32/h4-20,25,33H,21-24H2,1-3H3,(H,38,42)/t33-/m0/s1. The average Bonchev–Trinajstić information content (AvgIpc) is 3.02. The van der Waals surface area contributed by atoms with E-state index < -0.39 is 34.3 Å². The van der Waals surface area contributed by atoms with Crippen molar-refractivity contribution in [3.8, 4) is 0 Å². The fourth-order valence-electron chi connectivity index (χ4n) is 4.74. The number of benzene rings is 4. The Kier molecular flexibility index (Phi) is 11.4. The molecule has 0 aliphatic rings. The normalized spacial score (nSPS) is 12.0. The van der Waals surface area contributed by atoms with E-state index in [1.165, 1.54) is 29.2 Å². The lowest BCUT2D eigenvalue weighted by Crippen LogP contribution is -2.53. The van der Waals surface area contributed by atoms with Gasteiger partial charge in [0.05, 0.1) is 10.6 Å². The second kappa shape index (κ2) is 15.2. The quantitative estimate of drug-likeness (QED) is 0.182. The van der Waals surface area contributed by atoms with Crippen LogP contribution in [-0.4, -0.2) is 44.3 Å². The molecule has 45 heavy (non-hydrogen) atoms. The average molecular weight is 650 g/mol. The maximum Gasteiger partial charge on any atom is 0.264 e. The summed E-state index contributed by atoms with van der Waals surface area (Å²) in [7, 11) is -4.27. The van der Waals surface area contributed by atoms with Crippen molar-refractivity contribution >= 4 is 39.1 Å². The molecular formula is C35H37ClFN3O4S. The van der Waals surface area contributed by atoms with Gasteiger partial charge in [0.15, 0.2) is 0 Å². The summed E-state index contributed by atoms with van der Waals surface area (Å²) in [5.41, 5.74) is 2.51. The molecule has 1 atom stereocenters. The van der Waals surface area contributed by atoms with Gasteiger partial charge in [0.1, 0.15) is 18.4 Å². The van der Waals surface area contributed by atoms with Crippen LogP contribution in [0.5, 0.6) is 0 Å². The van der Waals surface area contributed by atoms with Crippen LogP contribution in [0.3, 0.4) is 0 Å². The molecule has 0 fully saturated rings. The zero-order valence-electron chi connectivity index (χ0n) is 25.5. The van der Waals surface area contributed by atoms with Crippen molar-refractivity contribution in [2.45, 2.75) is 44.7 Å². The van der Waals surface area contributed by atoms with Crippen LogP contribution < -0.4 is 9.62 Å². The van der Waals surface area contributed by atoms with Gasteiger partial charge in [-0.15, -0.1) is 0 Å². The van der Waals surface area contributed by atoms with E-state index >= 15 is 0 Å². The molecule has 4 aromatic carbocycles. The second-order valence-electron chi connectivity index (χ2n) is 11.3. The van der Waals surface area contributed by atoms with Gasteiger partial charge >= 0.3 is 0 Å². The summed E-state index contributed by atoms with van der Waals surface area (Å²) in [5.74, 6) is -1.34. The summed E-state index contributed by atoms with van der Waals surface area (Å²) in [6, 6.07) is 26.4. The van der Waals surface area contributed by atoms with Crippen LogP contribution in [0.1, 0.15) is 30.5 Å². The highest BCUT2D eigenvalue weighted by Crippen LogP contribution is 2.26. The first kappa shape index (κ1) is 33.7. The number of amides is 2. The summed E-state index contributed by atoms with van der Waals surface area (Å²) >= 11 is 6.12. The molecular weight excluding hydrogens is 613 g/mol. The van der Waals surface area contributed by atoms with E-state index in [1.54, 1.807) is 36.4 Å². The fraction of sp³-hybridized carbons (Fsp3) is 0.257. The van der Waals surface area contributed by atoms with E-state index in [2.05, 4.69) is 5.32 Å². The van der Waals surface area contributed by atoms with Crippen LogP contribution in [0.4, 0.5) is 10.1 Å². The van der Waals surface area contributed by atoms with Crippen molar-refractivity contribution in [1.82, 2.24) is 10.2 Å². The first-order chi connectivity index (χ1) is 21.4. The highest BCUT2D eigenvalue weighted by Gasteiger charge is 2.34. The molecule has 236 valence electrons. The molecule has 0 radical (unpaired) electrons. The molecule has 0 spiro atoms. The van der Waals surface area contributed by atoms with E-state index in [4.69, 9.17) is 11.6 Å². The molecule has 1 N–H and O–H groups in total. The first-order valence-electron chi connectivity index (χ1n) is 14.6. The summed E-state index contributed by atoms with van der Waals surface area (Å²) in [6.45, 7) is 5.57. The third-order valence-electron chi connectivity index (χ3n) is 7.22. The molecule has 2 amide bonds. The van der Waals surface area contributed by atoms with Crippen molar-refractivity contribution in [2.24, 2.45) is 5.92 Å². The molecule has 0 aliphatic heterocycles. The first-order valence-corrected chi connectivity index (χ1v) is 16.5. The Bertz CT molecular complexity index is 1680. The smallest absolute Gasteiger partial charge is 0.264 e. The molecule has 4 rings (SSSR count). The van der Waals surface area contributed by atoms with Gasteiger partial charge in [0.25, 0.3) is 10.0 Å². The van der Waals surface area contributed by atoms with Crippen LogP contribution >= 0.6 is 11.6 Å². The number of nitrogens with one attached hydrogen (secondary N) is 1. The maximum atomic E-state index is 14.4. The van der Waals surface area contributed by atoms with Crippen LogP contribution in [0, 0.1) is 18.7 Å². The van der Waals surface area contributed by atoms with Crippen LogP contribution in [0.2, 0.25) is 5.02 Å². The molecule has 7 nitrogen and oxygen atoms in total. The fourth-order valence-corrected chi connectivity index (χ4v) is 6.28. The number of carbonyl (C=O) groups excluding carboxylic acids is 2. The number of carbonyl (C=O) groups is 2. The third-order valence-corrected chi connectivity index (χ3v) is 9.26. The number of nitrogens with zero attached hydrogens (tertiary/aromatic N) is 2. The van der Waals surface area contributed by atoms with Crippen molar-refractivity contribution in [3.05, 3.63) is 131 Å². The van der Waals surface area contributed by atoms with Gasteiger partial charge in [-0.25, -0.2) is 12.8 Å². The molecule has 10 heteroatoms. The number of hydrogen-bond acceptors (Lipinski definition) is 4. The van der Waals surface area contributed by atoms with E-state index in [-0.39, 0.29) is 35.4 Å². The highest BCUT2D eigenvalue weighted by atomic mass is 35.5. The zero-order chi connectivity index (χ0) is 32.6. The van der Waals surface area contributed by atoms with E-state index in [0.717, 1.165) is 27.6 Å². The molecule has 0 saturated carbocycles. The van der Waals surface area contributed by atoms with Gasteiger partial charge in [0.2, 0.25) is 11.8 Å². The van der Waals surface area contributed by atoms with Crippen molar-refractivity contribution < 1.29 is 22.4 Å². The predicted molar refractivity (Wildman–Crippen MR) is 176 cm³/mol. The number of halogens is 2. The van der Waals surface area contributed by atoms with Gasteiger partial charge in [-0.05, 0) is 72.5 Å². The summed E-state index contributed by atoms with van der Waals surface area (Å²) in [6.07, 6.45) is 0.200. The van der Waals surface area contributed by atoms with Crippen molar-refractivity contribution in [2.75, 3.05) is 17.4 Å². The number of rotatable bonds is 13. The number of aryl methyl sites for hydroxylation is 1. The lowest BCUT2D eigenvalue weighted by molar-refractivity contribution is -0.140. The Hall–Kier alpha value is -4.21. The van der Waals surface area contributed by atoms with Gasteiger partial charge in [-0.3, -0.25) is 13.9 Å². The minimum atomic E-state index is -4.27. The monoisotopic (exact) mass is 649 g/mol. The SMILES string of the molecule is Cc1ccc(S(=O)(=O)N(CC(=O)N(Cc2ccc(Cl)cc2)[C@@H](Cc2ccccc2)C(=O)NCC(C)C)c2ccc(F)cc2)cc1. The Balaban J connectivity index is 1.79. The Morgan fingerprint density at radius 2 is 1.47 bits per heavy atom. The second-order valence-corrected chi connectivity index (χ2v) is 13.6. The van der Waals surface area contributed by atoms with Crippen LogP contribution in [0.15, 0.2) is 108 Å². The minimum absolute atomic E-state index is 0.0183. The molecule has 0 aliphatic carbocycles. The molecule has 0 aromatic heterocycles. The summed E-state index contributed by atoms with van der Waals surface area (Å²) in [5, 5.41) is 3.47. The van der Waals surface area contributed by atoms with Crippen LogP contribution in [0.25, 0.3) is 0 Å². The van der Waals surface area contributed by atoms with E-state index in [0.29, 0.717) is 17.1 Å². The Morgan fingerprint density at radius 3 is 2.07 bits per heavy atom. The molecule has 0 saturated heterocycles. The third kappa shape index (κ3) is 9.15. The number of sulfonamides is 1. The number of hydrogen-bond donors (Lipinski definition) is 1. The minimum Gasteiger partial charge on any atom is -0.354 e. The molecule has 0 heterocycles. The summed E-state index contributed by atoms with van der Waals surface area (Å²) in [4.78, 5) is 29.6. The van der Waals surface area contributed by atoms with E-state index in [1.807, 2.05) is 51.1 Å². The van der Waals surface area contributed by atoms with Crippen molar-refractivity contribution in [1.29, 1.82) is 0 Å². The zero-order valence-corrected chi connectivity index (χ0v) is 27.1. The number of anilines is 1.